The molecule has 0 bridgehead atoms. The smallest absolute Gasteiger partial charge is 0.408 e. The number of phenols is 1. The maximum Gasteiger partial charge on any atom is 0.408 e. The number of carbonyl (C=O) groups excluding carboxylic acids is 4. The molecule has 0 radical (unpaired) electrons. The summed E-state index contributed by atoms with van der Waals surface area (Å²) in [5.74, 6) is -1.45. The lowest BCUT2D eigenvalue weighted by Gasteiger charge is -2.34. The highest BCUT2D eigenvalue weighted by molar-refractivity contribution is 5.92. The SMILES string of the molecule is CCCCCCCN(C(=O)C(CCC(N)=O)NC(=O)OC(C)(C)C)C(C(=O)NCCCC)c1ccc(O)cc1. The second kappa shape index (κ2) is 17.3. The molecule has 0 spiro atoms. The lowest BCUT2D eigenvalue weighted by molar-refractivity contribution is -0.142. The first-order chi connectivity index (χ1) is 18.4. The number of nitrogens with zero attached hydrogens (tertiary/aromatic N) is 1. The Labute approximate surface area is 233 Å². The van der Waals surface area contributed by atoms with Crippen molar-refractivity contribution in [3.63, 3.8) is 0 Å². The Hall–Kier alpha value is -3.30. The average Bonchev–Trinajstić information content (AvgIpc) is 2.85. The predicted octanol–water partition coefficient (Wildman–Crippen LogP) is 4.31. The zero-order valence-corrected chi connectivity index (χ0v) is 24.3. The maximum atomic E-state index is 14.1. The molecule has 0 heterocycles. The van der Waals surface area contributed by atoms with Crippen LogP contribution in [0.1, 0.15) is 104 Å². The second-order valence-electron chi connectivity index (χ2n) is 10.8. The van der Waals surface area contributed by atoms with E-state index in [4.69, 9.17) is 10.5 Å². The number of benzene rings is 1. The van der Waals surface area contributed by atoms with Crippen molar-refractivity contribution in [2.24, 2.45) is 5.73 Å². The molecule has 10 nitrogen and oxygen atoms in total. The molecule has 10 heteroatoms. The van der Waals surface area contributed by atoms with Gasteiger partial charge in [0.1, 0.15) is 23.4 Å². The van der Waals surface area contributed by atoms with Crippen LogP contribution in [-0.4, -0.2) is 58.6 Å². The highest BCUT2D eigenvalue weighted by Crippen LogP contribution is 2.26. The third kappa shape index (κ3) is 13.4. The molecular formula is C29H48N4O6. The van der Waals surface area contributed by atoms with Gasteiger partial charge in [-0.25, -0.2) is 4.79 Å². The van der Waals surface area contributed by atoms with Crippen molar-refractivity contribution in [1.82, 2.24) is 15.5 Å². The third-order valence-electron chi connectivity index (χ3n) is 6.05. The van der Waals surface area contributed by atoms with E-state index in [9.17, 15) is 24.3 Å². The van der Waals surface area contributed by atoms with E-state index >= 15 is 0 Å². The predicted molar refractivity (Wildman–Crippen MR) is 151 cm³/mol. The van der Waals surface area contributed by atoms with Gasteiger partial charge in [0.2, 0.25) is 17.7 Å². The summed E-state index contributed by atoms with van der Waals surface area (Å²) in [5.41, 5.74) is 5.09. The van der Waals surface area contributed by atoms with E-state index in [0.29, 0.717) is 18.5 Å². The molecule has 1 rings (SSSR count). The molecule has 1 aromatic rings. The van der Waals surface area contributed by atoms with Gasteiger partial charge in [0.25, 0.3) is 0 Å². The van der Waals surface area contributed by atoms with Crippen LogP contribution < -0.4 is 16.4 Å². The number of hydrogen-bond donors (Lipinski definition) is 4. The van der Waals surface area contributed by atoms with Gasteiger partial charge in [-0.2, -0.15) is 0 Å². The van der Waals surface area contributed by atoms with Crippen molar-refractivity contribution >= 4 is 23.8 Å². The Morgan fingerprint density at radius 2 is 1.59 bits per heavy atom. The summed E-state index contributed by atoms with van der Waals surface area (Å²) in [6.45, 7) is 9.96. The van der Waals surface area contributed by atoms with Gasteiger partial charge in [0, 0.05) is 19.5 Å². The molecule has 0 fully saturated rings. The molecular weight excluding hydrogens is 500 g/mol. The zero-order valence-electron chi connectivity index (χ0n) is 24.3. The topological polar surface area (TPSA) is 151 Å². The quantitative estimate of drug-likeness (QED) is 0.213. The van der Waals surface area contributed by atoms with Crippen molar-refractivity contribution in [2.45, 2.75) is 110 Å². The Morgan fingerprint density at radius 1 is 0.974 bits per heavy atom. The molecule has 1 aromatic carbocycles. The first-order valence-corrected chi connectivity index (χ1v) is 14.0. The van der Waals surface area contributed by atoms with Gasteiger partial charge in [-0.15, -0.1) is 0 Å². The van der Waals surface area contributed by atoms with Crippen LogP contribution in [0.25, 0.3) is 0 Å². The van der Waals surface area contributed by atoms with Crippen molar-refractivity contribution in [1.29, 1.82) is 0 Å². The van der Waals surface area contributed by atoms with Gasteiger partial charge < -0.3 is 31.1 Å². The molecule has 5 N–H and O–H groups in total. The minimum absolute atomic E-state index is 0.0345. The Bertz CT molecular complexity index is 913. The van der Waals surface area contributed by atoms with Gasteiger partial charge in [0.05, 0.1) is 0 Å². The normalized spacial score (nSPS) is 12.7. The van der Waals surface area contributed by atoms with Crippen LogP contribution in [0, 0.1) is 0 Å². The maximum absolute atomic E-state index is 14.1. The number of hydrogen-bond acceptors (Lipinski definition) is 6. The average molecular weight is 549 g/mol. The van der Waals surface area contributed by atoms with Crippen LogP contribution in [0.5, 0.6) is 5.75 Å². The van der Waals surface area contributed by atoms with E-state index in [0.717, 1.165) is 38.5 Å². The number of amides is 4. The van der Waals surface area contributed by atoms with E-state index in [-0.39, 0.29) is 31.0 Å². The van der Waals surface area contributed by atoms with E-state index in [1.165, 1.54) is 17.0 Å². The first kappa shape index (κ1) is 33.7. The molecule has 0 saturated carbocycles. The van der Waals surface area contributed by atoms with Crippen LogP contribution in [0.15, 0.2) is 24.3 Å². The van der Waals surface area contributed by atoms with Crippen LogP contribution in [0.3, 0.4) is 0 Å². The van der Waals surface area contributed by atoms with Gasteiger partial charge in [-0.05, 0) is 57.7 Å². The summed E-state index contributed by atoms with van der Waals surface area (Å²) in [6, 6.07) is 4.01. The Balaban J connectivity index is 3.43. The summed E-state index contributed by atoms with van der Waals surface area (Å²) >= 11 is 0. The molecule has 220 valence electrons. The van der Waals surface area contributed by atoms with Crippen LogP contribution in [0.2, 0.25) is 0 Å². The number of unbranched alkanes of at least 4 members (excludes halogenated alkanes) is 5. The number of aromatic hydroxyl groups is 1. The number of carbonyl (C=O) groups is 4. The standard InChI is InChI=1S/C29H48N4O6/c1-6-8-10-11-12-20-33(25(26(36)31-19-9-7-2)21-13-15-22(34)16-14-21)27(37)23(17-18-24(30)35)32-28(38)39-29(3,4)5/h13-16,23,25,34H,6-12,17-20H2,1-5H3,(H2,30,35)(H,31,36)(H,32,38). The minimum Gasteiger partial charge on any atom is -0.508 e. The van der Waals surface area contributed by atoms with Gasteiger partial charge in [0.15, 0.2) is 0 Å². The number of primary amides is 1. The van der Waals surface area contributed by atoms with Gasteiger partial charge >= 0.3 is 6.09 Å². The summed E-state index contributed by atoms with van der Waals surface area (Å²) in [6.07, 6.45) is 5.32. The van der Waals surface area contributed by atoms with Gasteiger partial charge in [-0.1, -0.05) is 58.1 Å². The number of phenolic OH excluding ortho intramolecular Hbond substituents is 1. The summed E-state index contributed by atoms with van der Waals surface area (Å²) < 4.78 is 5.36. The Kier molecular flexibility index (Phi) is 15.0. The van der Waals surface area contributed by atoms with E-state index in [2.05, 4.69) is 17.6 Å². The lowest BCUT2D eigenvalue weighted by Crippen LogP contribution is -2.53. The van der Waals surface area contributed by atoms with Crippen molar-refractivity contribution in [3.8, 4) is 5.75 Å². The fourth-order valence-corrected chi connectivity index (χ4v) is 4.06. The molecule has 4 amide bonds. The number of nitrogens with two attached hydrogens (primary N) is 1. The number of alkyl carbamates (subject to hydrolysis) is 1. The highest BCUT2D eigenvalue weighted by Gasteiger charge is 2.36. The number of rotatable bonds is 17. The zero-order chi connectivity index (χ0) is 29.4. The molecule has 0 aliphatic carbocycles. The molecule has 2 unspecified atom stereocenters. The van der Waals surface area contributed by atoms with Crippen molar-refractivity contribution in [3.05, 3.63) is 29.8 Å². The van der Waals surface area contributed by atoms with Crippen LogP contribution >= 0.6 is 0 Å². The molecule has 0 aliphatic rings. The lowest BCUT2D eigenvalue weighted by atomic mass is 10.0. The van der Waals surface area contributed by atoms with Crippen molar-refractivity contribution in [2.75, 3.05) is 13.1 Å². The third-order valence-corrected chi connectivity index (χ3v) is 6.05. The molecule has 0 aliphatic heterocycles. The Morgan fingerprint density at radius 3 is 2.15 bits per heavy atom. The van der Waals surface area contributed by atoms with Crippen LogP contribution in [0.4, 0.5) is 4.79 Å². The van der Waals surface area contributed by atoms with Crippen LogP contribution in [-0.2, 0) is 19.1 Å². The first-order valence-electron chi connectivity index (χ1n) is 14.0. The van der Waals surface area contributed by atoms with E-state index in [1.807, 2.05) is 6.92 Å². The molecule has 0 aromatic heterocycles. The summed E-state index contributed by atoms with van der Waals surface area (Å²) in [5, 5.41) is 15.4. The van der Waals surface area contributed by atoms with E-state index < -0.39 is 35.6 Å². The summed E-state index contributed by atoms with van der Waals surface area (Å²) in [7, 11) is 0. The molecule has 2 atom stereocenters. The number of nitrogens with one attached hydrogen (secondary N) is 2. The summed E-state index contributed by atoms with van der Waals surface area (Å²) in [4.78, 5) is 53.3. The fraction of sp³-hybridized carbons (Fsp3) is 0.655. The molecule has 39 heavy (non-hydrogen) atoms. The van der Waals surface area contributed by atoms with Gasteiger partial charge in [-0.3, -0.25) is 14.4 Å². The highest BCUT2D eigenvalue weighted by atomic mass is 16.6. The monoisotopic (exact) mass is 548 g/mol. The van der Waals surface area contributed by atoms with E-state index in [1.54, 1.807) is 32.9 Å². The van der Waals surface area contributed by atoms with Crippen molar-refractivity contribution < 1.29 is 29.0 Å². The molecule has 0 saturated heterocycles. The fourth-order valence-electron chi connectivity index (χ4n) is 4.06. The second-order valence-corrected chi connectivity index (χ2v) is 10.8. The minimum atomic E-state index is -1.13. The largest absolute Gasteiger partial charge is 0.508 e. The number of ether oxygens (including phenoxy) is 1.